The summed E-state index contributed by atoms with van der Waals surface area (Å²) in [7, 11) is 0. The molecule has 6 heteroatoms. The molecule has 3 aromatic rings. The maximum Gasteiger partial charge on any atom is 0.269 e. The summed E-state index contributed by atoms with van der Waals surface area (Å²) >= 11 is 0. The van der Waals surface area contributed by atoms with Crippen LogP contribution in [0.25, 0.3) is 0 Å². The van der Waals surface area contributed by atoms with E-state index in [9.17, 15) is 9.18 Å². The smallest absolute Gasteiger partial charge is 0.269 e. The van der Waals surface area contributed by atoms with E-state index < -0.39 is 0 Å². The number of hydrogen-bond donors (Lipinski definition) is 2. The van der Waals surface area contributed by atoms with E-state index in [-0.39, 0.29) is 11.7 Å². The van der Waals surface area contributed by atoms with Crippen molar-refractivity contribution in [1.29, 1.82) is 0 Å². The van der Waals surface area contributed by atoms with E-state index >= 15 is 0 Å². The summed E-state index contributed by atoms with van der Waals surface area (Å²) in [6, 6.07) is 17.6. The second-order valence-corrected chi connectivity index (χ2v) is 6.11. The molecule has 144 valence electrons. The Morgan fingerprint density at radius 3 is 2.46 bits per heavy atom. The number of hydrogen-bond acceptors (Lipinski definition) is 4. The summed E-state index contributed by atoms with van der Waals surface area (Å²) in [6.45, 7) is 2.91. The van der Waals surface area contributed by atoms with E-state index in [1.807, 2.05) is 31.2 Å². The highest BCUT2D eigenvalue weighted by atomic mass is 19.1. The maximum atomic E-state index is 13.6. The van der Waals surface area contributed by atoms with E-state index in [4.69, 9.17) is 4.74 Å². The van der Waals surface area contributed by atoms with Crippen LogP contribution < -0.4 is 15.4 Å². The van der Waals surface area contributed by atoms with Gasteiger partial charge in [-0.15, -0.1) is 0 Å². The summed E-state index contributed by atoms with van der Waals surface area (Å²) in [5.74, 6) is 0.261. The van der Waals surface area contributed by atoms with E-state index in [2.05, 4.69) is 15.6 Å². The predicted octanol–water partition coefficient (Wildman–Crippen LogP) is 4.34. The van der Waals surface area contributed by atoms with Gasteiger partial charge in [0, 0.05) is 12.2 Å². The third kappa shape index (κ3) is 5.30. The highest BCUT2D eigenvalue weighted by molar-refractivity contribution is 5.92. The van der Waals surface area contributed by atoms with Crippen LogP contribution in [0, 0.1) is 5.82 Å². The summed E-state index contributed by atoms with van der Waals surface area (Å²) in [6.07, 6.45) is 2.03. The molecule has 0 saturated heterocycles. The quantitative estimate of drug-likeness (QED) is 0.611. The highest BCUT2D eigenvalue weighted by Crippen LogP contribution is 2.19. The first-order valence-corrected chi connectivity index (χ1v) is 9.13. The van der Waals surface area contributed by atoms with E-state index in [1.165, 1.54) is 6.07 Å². The molecule has 0 unspecified atom stereocenters. The fraction of sp³-hybridized carbons (Fsp3) is 0.182. The SMILES string of the molecule is CCOc1ccc(Nc2ccc(C(=O)NCCc3ccccc3F)nc2)cc1. The lowest BCUT2D eigenvalue weighted by Crippen LogP contribution is -2.26. The molecule has 0 aliphatic carbocycles. The van der Waals surface area contributed by atoms with Crippen molar-refractivity contribution in [3.63, 3.8) is 0 Å². The van der Waals surface area contributed by atoms with Crippen LogP contribution in [-0.4, -0.2) is 24.0 Å². The Hall–Kier alpha value is -3.41. The minimum atomic E-state index is -0.288. The number of carbonyl (C=O) groups is 1. The molecule has 1 aromatic heterocycles. The van der Waals surface area contributed by atoms with Crippen LogP contribution in [-0.2, 0) is 6.42 Å². The average Bonchev–Trinajstić information content (AvgIpc) is 2.71. The molecule has 5 nitrogen and oxygen atoms in total. The number of halogens is 1. The van der Waals surface area contributed by atoms with Gasteiger partial charge in [0.2, 0.25) is 0 Å². The molecule has 0 radical (unpaired) electrons. The summed E-state index contributed by atoms with van der Waals surface area (Å²) in [5.41, 5.74) is 2.55. The first kappa shape index (κ1) is 19.4. The van der Waals surface area contributed by atoms with Gasteiger partial charge in [0.05, 0.1) is 18.5 Å². The third-order valence-electron chi connectivity index (χ3n) is 4.09. The molecule has 0 bridgehead atoms. The zero-order chi connectivity index (χ0) is 19.8. The molecule has 3 rings (SSSR count). The van der Waals surface area contributed by atoms with E-state index in [0.29, 0.717) is 30.8 Å². The van der Waals surface area contributed by atoms with Crippen molar-refractivity contribution in [3.8, 4) is 5.75 Å². The van der Waals surface area contributed by atoms with Gasteiger partial charge < -0.3 is 15.4 Å². The van der Waals surface area contributed by atoms with Crippen molar-refractivity contribution in [3.05, 3.63) is 83.9 Å². The number of anilines is 2. The monoisotopic (exact) mass is 379 g/mol. The minimum absolute atomic E-state index is 0.264. The van der Waals surface area contributed by atoms with Gasteiger partial charge >= 0.3 is 0 Å². The Balaban J connectivity index is 1.51. The van der Waals surface area contributed by atoms with Gasteiger partial charge in [-0.25, -0.2) is 9.37 Å². The highest BCUT2D eigenvalue weighted by Gasteiger charge is 2.08. The largest absolute Gasteiger partial charge is 0.494 e. The second kappa shape index (κ2) is 9.50. The number of nitrogens with one attached hydrogen (secondary N) is 2. The number of carbonyl (C=O) groups excluding carboxylic acids is 1. The van der Waals surface area contributed by atoms with Crippen LogP contribution in [0.3, 0.4) is 0 Å². The summed E-state index contributed by atoms with van der Waals surface area (Å²) < 4.78 is 19.0. The Bertz CT molecular complexity index is 912. The van der Waals surface area contributed by atoms with Crippen molar-refractivity contribution in [2.45, 2.75) is 13.3 Å². The van der Waals surface area contributed by atoms with Crippen LogP contribution in [0.2, 0.25) is 0 Å². The Morgan fingerprint density at radius 1 is 1.04 bits per heavy atom. The zero-order valence-corrected chi connectivity index (χ0v) is 15.6. The molecule has 1 heterocycles. The zero-order valence-electron chi connectivity index (χ0n) is 15.6. The topological polar surface area (TPSA) is 63.2 Å². The maximum absolute atomic E-state index is 13.6. The standard InChI is InChI=1S/C22H22FN3O2/c1-2-28-19-10-7-17(8-11-19)26-18-9-12-21(25-15-18)22(27)24-14-13-16-5-3-4-6-20(16)23/h3-12,15,26H,2,13-14H2,1H3,(H,24,27). The van der Waals surface area contributed by atoms with Crippen molar-refractivity contribution in [2.24, 2.45) is 0 Å². The second-order valence-electron chi connectivity index (χ2n) is 6.11. The third-order valence-corrected chi connectivity index (χ3v) is 4.09. The molecule has 2 aromatic carbocycles. The Labute approximate surface area is 163 Å². The number of aromatic nitrogens is 1. The molecule has 0 fully saturated rings. The van der Waals surface area contributed by atoms with Crippen molar-refractivity contribution in [1.82, 2.24) is 10.3 Å². The minimum Gasteiger partial charge on any atom is -0.494 e. The van der Waals surface area contributed by atoms with Crippen LogP contribution in [0.5, 0.6) is 5.75 Å². The lowest BCUT2D eigenvalue weighted by molar-refractivity contribution is 0.0949. The molecular weight excluding hydrogens is 357 g/mol. The van der Waals surface area contributed by atoms with Crippen molar-refractivity contribution < 1.29 is 13.9 Å². The fourth-order valence-corrected chi connectivity index (χ4v) is 2.67. The van der Waals surface area contributed by atoms with Crippen LogP contribution >= 0.6 is 0 Å². The molecule has 0 aliphatic rings. The Kier molecular flexibility index (Phi) is 6.57. The molecule has 0 spiro atoms. The molecule has 0 saturated carbocycles. The van der Waals surface area contributed by atoms with Gasteiger partial charge in [0.15, 0.2) is 0 Å². The normalized spacial score (nSPS) is 10.4. The van der Waals surface area contributed by atoms with Crippen molar-refractivity contribution >= 4 is 17.3 Å². The summed E-state index contributed by atoms with van der Waals surface area (Å²) in [5, 5.41) is 5.98. The molecule has 0 atom stereocenters. The Morgan fingerprint density at radius 2 is 1.79 bits per heavy atom. The van der Waals surface area contributed by atoms with Crippen LogP contribution in [0.1, 0.15) is 23.0 Å². The van der Waals surface area contributed by atoms with Gasteiger partial charge in [0.1, 0.15) is 17.3 Å². The molecule has 28 heavy (non-hydrogen) atoms. The van der Waals surface area contributed by atoms with Gasteiger partial charge in [-0.05, 0) is 61.4 Å². The molecule has 0 aliphatic heterocycles. The van der Waals surface area contributed by atoms with E-state index in [0.717, 1.165) is 17.1 Å². The summed E-state index contributed by atoms with van der Waals surface area (Å²) in [4.78, 5) is 16.4. The first-order valence-electron chi connectivity index (χ1n) is 9.13. The number of ether oxygens (including phenoxy) is 1. The molecular formula is C22H22FN3O2. The number of pyridine rings is 1. The first-order chi connectivity index (χ1) is 13.7. The van der Waals surface area contributed by atoms with Gasteiger partial charge in [0.25, 0.3) is 5.91 Å². The van der Waals surface area contributed by atoms with Gasteiger partial charge in [-0.3, -0.25) is 4.79 Å². The lowest BCUT2D eigenvalue weighted by Gasteiger charge is -2.09. The number of benzene rings is 2. The average molecular weight is 379 g/mol. The predicted molar refractivity (Wildman–Crippen MR) is 108 cm³/mol. The van der Waals surface area contributed by atoms with Crippen molar-refractivity contribution in [2.75, 3.05) is 18.5 Å². The number of amides is 1. The fourth-order valence-electron chi connectivity index (χ4n) is 2.67. The number of rotatable bonds is 8. The van der Waals surface area contributed by atoms with Crippen LogP contribution in [0.15, 0.2) is 66.9 Å². The van der Waals surface area contributed by atoms with Gasteiger partial charge in [-0.1, -0.05) is 18.2 Å². The lowest BCUT2D eigenvalue weighted by atomic mass is 10.1. The number of nitrogens with zero attached hydrogens (tertiary/aromatic N) is 1. The van der Waals surface area contributed by atoms with E-state index in [1.54, 1.807) is 36.5 Å². The van der Waals surface area contributed by atoms with Crippen LogP contribution in [0.4, 0.5) is 15.8 Å². The molecule has 1 amide bonds. The van der Waals surface area contributed by atoms with Gasteiger partial charge in [-0.2, -0.15) is 0 Å². The molecule has 2 N–H and O–H groups in total.